The number of aliphatic hydroxyl groups excluding tert-OH is 1. The van der Waals surface area contributed by atoms with Crippen LogP contribution in [0.4, 0.5) is 5.69 Å². The van der Waals surface area contributed by atoms with Crippen molar-refractivity contribution in [2.45, 2.75) is 25.0 Å². The Morgan fingerprint density at radius 1 is 1.47 bits per heavy atom. The van der Waals surface area contributed by atoms with Crippen molar-refractivity contribution in [3.8, 4) is 5.75 Å². The standard InChI is InChI=1S/C11H16N2O2/c1-13-8-4-2-6-7(11(8)15)3-5-9(14)10(6)12/h3,5,8,11,13-15H,2,4,12H2,1H3. The topological polar surface area (TPSA) is 78.5 Å². The molecule has 0 bridgehead atoms. The quantitative estimate of drug-likeness (QED) is 0.401. The number of hydrogen-bond donors (Lipinski definition) is 4. The van der Waals surface area contributed by atoms with E-state index in [1.54, 1.807) is 6.07 Å². The van der Waals surface area contributed by atoms with Gasteiger partial charge in [-0.3, -0.25) is 0 Å². The number of fused-ring (bicyclic) bond motifs is 1. The van der Waals surface area contributed by atoms with Crippen molar-refractivity contribution in [3.05, 3.63) is 23.3 Å². The Labute approximate surface area is 88.7 Å². The zero-order valence-corrected chi connectivity index (χ0v) is 8.70. The molecule has 0 amide bonds. The van der Waals surface area contributed by atoms with Gasteiger partial charge in [0.1, 0.15) is 5.75 Å². The van der Waals surface area contributed by atoms with Gasteiger partial charge in [0.2, 0.25) is 0 Å². The van der Waals surface area contributed by atoms with Gasteiger partial charge in [-0.05, 0) is 37.1 Å². The predicted molar refractivity (Wildman–Crippen MR) is 58.6 cm³/mol. The summed E-state index contributed by atoms with van der Waals surface area (Å²) >= 11 is 0. The van der Waals surface area contributed by atoms with Crippen LogP contribution >= 0.6 is 0 Å². The molecule has 2 atom stereocenters. The molecule has 15 heavy (non-hydrogen) atoms. The highest BCUT2D eigenvalue weighted by Gasteiger charge is 2.28. The maximum atomic E-state index is 10.0. The van der Waals surface area contributed by atoms with Gasteiger partial charge in [0.05, 0.1) is 11.8 Å². The van der Waals surface area contributed by atoms with E-state index in [4.69, 9.17) is 5.73 Å². The smallest absolute Gasteiger partial charge is 0.138 e. The molecule has 1 aromatic rings. The summed E-state index contributed by atoms with van der Waals surface area (Å²) < 4.78 is 0. The average Bonchev–Trinajstić information content (AvgIpc) is 2.24. The molecule has 0 heterocycles. The molecule has 0 saturated carbocycles. The van der Waals surface area contributed by atoms with Gasteiger partial charge < -0.3 is 21.3 Å². The lowest BCUT2D eigenvalue weighted by molar-refractivity contribution is 0.119. The molecule has 1 aliphatic carbocycles. The summed E-state index contributed by atoms with van der Waals surface area (Å²) in [7, 11) is 1.84. The molecule has 4 nitrogen and oxygen atoms in total. The lowest BCUT2D eigenvalue weighted by Crippen LogP contribution is -2.36. The molecule has 4 heteroatoms. The Bertz CT molecular complexity index is 379. The SMILES string of the molecule is CNC1CCc2c(ccc(O)c2N)C1O. The van der Waals surface area contributed by atoms with Crippen LogP contribution in [-0.4, -0.2) is 23.3 Å². The molecule has 0 fully saturated rings. The summed E-state index contributed by atoms with van der Waals surface area (Å²) in [6.07, 6.45) is 1.08. The minimum atomic E-state index is -0.540. The summed E-state index contributed by atoms with van der Waals surface area (Å²) in [4.78, 5) is 0. The van der Waals surface area contributed by atoms with Gasteiger partial charge in [0.15, 0.2) is 0 Å². The number of benzene rings is 1. The third kappa shape index (κ3) is 1.56. The number of phenols is 1. The second kappa shape index (κ2) is 3.72. The molecule has 1 aromatic carbocycles. The van der Waals surface area contributed by atoms with Crippen molar-refractivity contribution in [3.63, 3.8) is 0 Å². The molecule has 2 rings (SSSR count). The van der Waals surface area contributed by atoms with Crippen LogP contribution in [0.25, 0.3) is 0 Å². The summed E-state index contributed by atoms with van der Waals surface area (Å²) in [5, 5.41) is 22.6. The number of aromatic hydroxyl groups is 1. The zero-order chi connectivity index (χ0) is 11.0. The Kier molecular flexibility index (Phi) is 2.54. The van der Waals surface area contributed by atoms with Gasteiger partial charge in [0.25, 0.3) is 0 Å². The van der Waals surface area contributed by atoms with Crippen molar-refractivity contribution < 1.29 is 10.2 Å². The van der Waals surface area contributed by atoms with E-state index in [1.165, 1.54) is 6.07 Å². The van der Waals surface area contributed by atoms with Crippen LogP contribution in [0.2, 0.25) is 0 Å². The van der Waals surface area contributed by atoms with E-state index in [0.717, 1.165) is 24.0 Å². The fourth-order valence-electron chi connectivity index (χ4n) is 2.20. The van der Waals surface area contributed by atoms with Gasteiger partial charge in [-0.15, -0.1) is 0 Å². The zero-order valence-electron chi connectivity index (χ0n) is 8.70. The normalized spacial score (nSPS) is 24.9. The minimum Gasteiger partial charge on any atom is -0.506 e. The summed E-state index contributed by atoms with van der Waals surface area (Å²) in [5.41, 5.74) is 7.89. The maximum Gasteiger partial charge on any atom is 0.138 e. The van der Waals surface area contributed by atoms with E-state index >= 15 is 0 Å². The van der Waals surface area contributed by atoms with Gasteiger partial charge in [-0.2, -0.15) is 0 Å². The molecule has 0 aliphatic heterocycles. The predicted octanol–water partition coefficient (Wildman–Crippen LogP) is 0.542. The third-order valence-corrected chi connectivity index (χ3v) is 3.15. The molecule has 0 aromatic heterocycles. The van der Waals surface area contributed by atoms with E-state index in [0.29, 0.717) is 5.69 Å². The number of nitrogens with two attached hydrogens (primary N) is 1. The van der Waals surface area contributed by atoms with Crippen molar-refractivity contribution >= 4 is 5.69 Å². The van der Waals surface area contributed by atoms with Crippen LogP contribution in [0.3, 0.4) is 0 Å². The van der Waals surface area contributed by atoms with Crippen molar-refractivity contribution in [1.82, 2.24) is 5.32 Å². The van der Waals surface area contributed by atoms with Crippen LogP contribution in [0.1, 0.15) is 23.7 Å². The number of rotatable bonds is 1. The molecular weight excluding hydrogens is 192 g/mol. The van der Waals surface area contributed by atoms with Crippen LogP contribution in [0.15, 0.2) is 12.1 Å². The van der Waals surface area contributed by atoms with Gasteiger partial charge >= 0.3 is 0 Å². The fourth-order valence-corrected chi connectivity index (χ4v) is 2.20. The number of phenolic OH excluding ortho intramolecular Hbond substituents is 1. The van der Waals surface area contributed by atoms with Gasteiger partial charge in [-0.1, -0.05) is 6.07 Å². The third-order valence-electron chi connectivity index (χ3n) is 3.15. The highest BCUT2D eigenvalue weighted by Crippen LogP contribution is 2.37. The van der Waals surface area contributed by atoms with E-state index < -0.39 is 6.10 Å². The van der Waals surface area contributed by atoms with E-state index in [-0.39, 0.29) is 11.8 Å². The second-order valence-corrected chi connectivity index (χ2v) is 3.94. The van der Waals surface area contributed by atoms with Gasteiger partial charge in [0, 0.05) is 6.04 Å². The van der Waals surface area contributed by atoms with E-state index in [9.17, 15) is 10.2 Å². The first-order chi connectivity index (χ1) is 7.15. The largest absolute Gasteiger partial charge is 0.506 e. The highest BCUT2D eigenvalue weighted by atomic mass is 16.3. The number of anilines is 1. The molecule has 0 radical (unpaired) electrons. The molecule has 2 unspecified atom stereocenters. The lowest BCUT2D eigenvalue weighted by atomic mass is 9.85. The second-order valence-electron chi connectivity index (χ2n) is 3.94. The Hall–Kier alpha value is -1.26. The first-order valence-corrected chi connectivity index (χ1v) is 5.10. The summed E-state index contributed by atoms with van der Waals surface area (Å²) in [5.74, 6) is 0.101. The van der Waals surface area contributed by atoms with Crippen LogP contribution in [0, 0.1) is 0 Å². The first kappa shape index (κ1) is 10.3. The molecular formula is C11H16N2O2. The number of hydrogen-bond acceptors (Lipinski definition) is 4. The first-order valence-electron chi connectivity index (χ1n) is 5.10. The summed E-state index contributed by atoms with van der Waals surface area (Å²) in [6.45, 7) is 0. The van der Waals surface area contributed by atoms with Crippen LogP contribution in [0.5, 0.6) is 5.75 Å². The molecule has 1 aliphatic rings. The Morgan fingerprint density at radius 3 is 2.87 bits per heavy atom. The van der Waals surface area contributed by atoms with Crippen LogP contribution < -0.4 is 11.1 Å². The number of likely N-dealkylation sites (N-methyl/N-ethyl adjacent to an activating group) is 1. The van der Waals surface area contributed by atoms with E-state index in [2.05, 4.69) is 5.32 Å². The average molecular weight is 208 g/mol. The lowest BCUT2D eigenvalue weighted by Gasteiger charge is -2.30. The minimum absolute atomic E-state index is 0.0708. The molecule has 5 N–H and O–H groups in total. The molecule has 0 spiro atoms. The Morgan fingerprint density at radius 2 is 2.20 bits per heavy atom. The molecule has 82 valence electrons. The fraction of sp³-hybridized carbons (Fsp3) is 0.455. The van der Waals surface area contributed by atoms with Crippen molar-refractivity contribution in [2.75, 3.05) is 12.8 Å². The Balaban J connectivity index is 2.45. The number of nitrogen functional groups attached to an aromatic ring is 1. The van der Waals surface area contributed by atoms with Crippen molar-refractivity contribution in [1.29, 1.82) is 0 Å². The van der Waals surface area contributed by atoms with Crippen molar-refractivity contribution in [2.24, 2.45) is 0 Å². The summed E-state index contributed by atoms with van der Waals surface area (Å²) in [6, 6.07) is 3.35. The number of nitrogens with one attached hydrogen (secondary N) is 1. The van der Waals surface area contributed by atoms with Crippen LogP contribution in [-0.2, 0) is 6.42 Å². The van der Waals surface area contributed by atoms with Gasteiger partial charge in [-0.25, -0.2) is 0 Å². The van der Waals surface area contributed by atoms with E-state index in [1.807, 2.05) is 7.05 Å². The maximum absolute atomic E-state index is 10.0. The monoisotopic (exact) mass is 208 g/mol. The highest BCUT2D eigenvalue weighted by molar-refractivity contribution is 5.62. The number of aliphatic hydroxyl groups is 1. The molecule has 0 saturated heterocycles.